The van der Waals surface area contributed by atoms with Crippen LogP contribution in [-0.4, -0.2) is 10.1 Å². The Morgan fingerprint density at radius 3 is 3.00 bits per heavy atom. The first-order valence-corrected chi connectivity index (χ1v) is 3.32. The van der Waals surface area contributed by atoms with E-state index in [9.17, 15) is 4.39 Å². The van der Waals surface area contributed by atoms with E-state index in [0.29, 0.717) is 11.4 Å². The monoisotopic (exact) mass is 163 g/mol. The predicted octanol–water partition coefficient (Wildman–Crippen LogP) is 1.68. The third-order valence-electron chi connectivity index (χ3n) is 1.41. The molecule has 12 heavy (non-hydrogen) atoms. The molecule has 0 bridgehead atoms. The van der Waals surface area contributed by atoms with Gasteiger partial charge < -0.3 is 4.52 Å². The summed E-state index contributed by atoms with van der Waals surface area (Å²) in [6.45, 7) is 0. The minimum absolute atomic E-state index is 0.322. The molecule has 0 aliphatic rings. The highest BCUT2D eigenvalue weighted by Gasteiger charge is 2.02. The van der Waals surface area contributed by atoms with Crippen LogP contribution in [0.5, 0.6) is 0 Å². The van der Waals surface area contributed by atoms with Crippen molar-refractivity contribution in [3.05, 3.63) is 36.5 Å². The van der Waals surface area contributed by atoms with Crippen LogP contribution in [0.2, 0.25) is 0 Å². The number of halogens is 1. The van der Waals surface area contributed by atoms with Crippen molar-refractivity contribution in [2.24, 2.45) is 0 Å². The third-order valence-corrected chi connectivity index (χ3v) is 1.41. The minimum atomic E-state index is -0.322. The van der Waals surface area contributed by atoms with E-state index in [0.717, 1.165) is 0 Å². The molecule has 1 aromatic carbocycles. The van der Waals surface area contributed by atoms with Gasteiger partial charge in [-0.1, -0.05) is 17.3 Å². The number of nitrogens with zero attached hydrogens (tertiary/aromatic N) is 2. The van der Waals surface area contributed by atoms with Gasteiger partial charge in [0.25, 0.3) is 0 Å². The zero-order chi connectivity index (χ0) is 8.39. The highest BCUT2D eigenvalue weighted by atomic mass is 19.1. The van der Waals surface area contributed by atoms with E-state index in [4.69, 9.17) is 0 Å². The normalized spacial score (nSPS) is 10.1. The molecule has 1 heterocycles. The van der Waals surface area contributed by atoms with Crippen molar-refractivity contribution in [1.29, 1.82) is 0 Å². The lowest BCUT2D eigenvalue weighted by atomic mass is 10.2. The fourth-order valence-corrected chi connectivity index (χ4v) is 0.893. The lowest BCUT2D eigenvalue weighted by Crippen LogP contribution is -1.81. The smallest absolute Gasteiger partial charge is 0.316 e. The van der Waals surface area contributed by atoms with Gasteiger partial charge in [-0.2, -0.15) is 4.98 Å². The Kier molecular flexibility index (Phi) is 1.59. The molecule has 0 amide bonds. The van der Waals surface area contributed by atoms with Crippen LogP contribution in [0, 0.1) is 12.2 Å². The average molecular weight is 163 g/mol. The second-order valence-electron chi connectivity index (χ2n) is 2.22. The first-order valence-electron chi connectivity index (χ1n) is 3.32. The van der Waals surface area contributed by atoms with E-state index in [1.165, 1.54) is 12.1 Å². The van der Waals surface area contributed by atoms with E-state index in [-0.39, 0.29) is 5.82 Å². The Hall–Kier alpha value is -1.71. The fourth-order valence-electron chi connectivity index (χ4n) is 0.893. The van der Waals surface area contributed by atoms with Gasteiger partial charge in [-0.05, 0) is 12.1 Å². The zero-order valence-corrected chi connectivity index (χ0v) is 5.99. The summed E-state index contributed by atoms with van der Waals surface area (Å²) in [7, 11) is 0. The Morgan fingerprint density at radius 2 is 2.33 bits per heavy atom. The van der Waals surface area contributed by atoms with Crippen molar-refractivity contribution in [3.8, 4) is 11.4 Å². The number of hydrogen-bond acceptors (Lipinski definition) is 3. The molecule has 1 radical (unpaired) electrons. The zero-order valence-electron chi connectivity index (χ0n) is 5.99. The second kappa shape index (κ2) is 2.73. The molecule has 0 saturated heterocycles. The average Bonchev–Trinajstić information content (AvgIpc) is 2.56. The van der Waals surface area contributed by atoms with Crippen LogP contribution >= 0.6 is 0 Å². The Bertz CT molecular complexity index is 372. The van der Waals surface area contributed by atoms with Crippen molar-refractivity contribution >= 4 is 0 Å². The Labute approximate surface area is 67.8 Å². The van der Waals surface area contributed by atoms with Gasteiger partial charge in [0.1, 0.15) is 5.82 Å². The number of rotatable bonds is 1. The van der Waals surface area contributed by atoms with Crippen molar-refractivity contribution in [3.63, 3.8) is 0 Å². The molecule has 0 aliphatic heterocycles. The maximum Gasteiger partial charge on any atom is 0.316 e. The molecular weight excluding hydrogens is 159 g/mol. The summed E-state index contributed by atoms with van der Waals surface area (Å²) in [6, 6.07) is 5.97. The largest absolute Gasteiger partial charge is 0.328 e. The SMILES string of the molecule is Fc1cccc(-c2n[c]on2)c1. The van der Waals surface area contributed by atoms with Gasteiger partial charge in [0.15, 0.2) is 0 Å². The van der Waals surface area contributed by atoms with Gasteiger partial charge in [0.05, 0.1) is 0 Å². The van der Waals surface area contributed by atoms with E-state index < -0.39 is 0 Å². The maximum absolute atomic E-state index is 12.7. The molecule has 1 aromatic heterocycles. The van der Waals surface area contributed by atoms with Gasteiger partial charge in [-0.3, -0.25) is 0 Å². The van der Waals surface area contributed by atoms with Crippen LogP contribution in [0.3, 0.4) is 0 Å². The maximum atomic E-state index is 12.7. The molecule has 4 heteroatoms. The van der Waals surface area contributed by atoms with Crippen LogP contribution in [0.4, 0.5) is 4.39 Å². The lowest BCUT2D eigenvalue weighted by Gasteiger charge is -1.92. The van der Waals surface area contributed by atoms with Gasteiger partial charge >= 0.3 is 6.39 Å². The van der Waals surface area contributed by atoms with E-state index in [2.05, 4.69) is 21.1 Å². The molecule has 0 unspecified atom stereocenters. The van der Waals surface area contributed by atoms with Crippen LogP contribution in [-0.2, 0) is 0 Å². The minimum Gasteiger partial charge on any atom is -0.328 e. The highest BCUT2D eigenvalue weighted by Crippen LogP contribution is 2.14. The molecule has 2 aromatic rings. The van der Waals surface area contributed by atoms with Crippen LogP contribution < -0.4 is 0 Å². The van der Waals surface area contributed by atoms with Crippen molar-refractivity contribution < 1.29 is 8.91 Å². The molecule has 0 N–H and O–H groups in total. The standard InChI is InChI=1S/C8H4FN2O/c9-7-3-1-2-6(4-7)8-10-5-12-11-8/h1-4H. The lowest BCUT2D eigenvalue weighted by molar-refractivity contribution is 0.411. The summed E-state index contributed by atoms with van der Waals surface area (Å²) in [5, 5.41) is 3.52. The number of hydrogen-bond donors (Lipinski definition) is 0. The van der Waals surface area contributed by atoms with Crippen LogP contribution in [0.25, 0.3) is 11.4 Å². The summed E-state index contributed by atoms with van der Waals surface area (Å²) >= 11 is 0. The third kappa shape index (κ3) is 1.18. The van der Waals surface area contributed by atoms with Crippen molar-refractivity contribution in [2.75, 3.05) is 0 Å². The first-order chi connectivity index (χ1) is 5.86. The van der Waals surface area contributed by atoms with Gasteiger partial charge in [-0.25, -0.2) is 4.39 Å². The Balaban J connectivity index is 2.48. The highest BCUT2D eigenvalue weighted by molar-refractivity contribution is 5.53. The predicted molar refractivity (Wildman–Crippen MR) is 38.5 cm³/mol. The molecule has 0 spiro atoms. The van der Waals surface area contributed by atoms with Crippen molar-refractivity contribution in [1.82, 2.24) is 10.1 Å². The molecule has 59 valence electrons. The van der Waals surface area contributed by atoms with Crippen LogP contribution in [0.15, 0.2) is 28.8 Å². The summed E-state index contributed by atoms with van der Waals surface area (Å²) in [5.74, 6) is 0.0202. The summed E-state index contributed by atoms with van der Waals surface area (Å²) in [5.41, 5.74) is 0.583. The molecule has 2 rings (SSSR count). The van der Waals surface area contributed by atoms with E-state index in [1.54, 1.807) is 12.1 Å². The quantitative estimate of drug-likeness (QED) is 0.641. The van der Waals surface area contributed by atoms with Gasteiger partial charge in [0.2, 0.25) is 5.82 Å². The topological polar surface area (TPSA) is 38.9 Å². The molecular formula is C8H4FN2O. The molecule has 3 nitrogen and oxygen atoms in total. The van der Waals surface area contributed by atoms with Gasteiger partial charge in [0, 0.05) is 5.56 Å². The van der Waals surface area contributed by atoms with Crippen LogP contribution in [0.1, 0.15) is 0 Å². The first kappa shape index (κ1) is 6.97. The molecule has 0 atom stereocenters. The fraction of sp³-hybridized carbons (Fsp3) is 0. The summed E-state index contributed by atoms with van der Waals surface area (Å²) in [6.07, 6.45) is 2.19. The summed E-state index contributed by atoms with van der Waals surface area (Å²) in [4.78, 5) is 3.66. The second-order valence-corrected chi connectivity index (χ2v) is 2.22. The molecule has 0 fully saturated rings. The van der Waals surface area contributed by atoms with E-state index >= 15 is 0 Å². The number of aromatic nitrogens is 2. The van der Waals surface area contributed by atoms with Gasteiger partial charge in [-0.15, -0.1) is 0 Å². The van der Waals surface area contributed by atoms with Crippen molar-refractivity contribution in [2.45, 2.75) is 0 Å². The Morgan fingerprint density at radius 1 is 1.42 bits per heavy atom. The molecule has 0 aliphatic carbocycles. The number of benzene rings is 1. The molecule has 0 saturated carbocycles. The van der Waals surface area contributed by atoms with E-state index in [1.807, 2.05) is 0 Å². The summed E-state index contributed by atoms with van der Waals surface area (Å²) < 4.78 is 17.1.